The Bertz CT molecular complexity index is 798. The SMILES string of the molecule is Cc1ccc(CNC(=O)CN2C(=O)N[C@@](C)(c3ccco3)C2=O)cc1. The highest BCUT2D eigenvalue weighted by Crippen LogP contribution is 2.28. The number of carbonyl (C=O) groups excluding carboxylic acids is 3. The van der Waals surface area contributed by atoms with Crippen molar-refractivity contribution in [1.82, 2.24) is 15.5 Å². The lowest BCUT2D eigenvalue weighted by atomic mass is 9.99. The third-order valence-electron chi connectivity index (χ3n) is 4.20. The molecular formula is C18H19N3O4. The van der Waals surface area contributed by atoms with Gasteiger partial charge in [0.2, 0.25) is 5.91 Å². The van der Waals surface area contributed by atoms with Gasteiger partial charge >= 0.3 is 6.03 Å². The summed E-state index contributed by atoms with van der Waals surface area (Å²) in [5, 5.41) is 5.29. The predicted octanol–water partition coefficient (Wildman–Crippen LogP) is 1.67. The first-order valence-electron chi connectivity index (χ1n) is 7.90. The largest absolute Gasteiger partial charge is 0.466 e. The molecule has 0 radical (unpaired) electrons. The Balaban J connectivity index is 1.62. The Morgan fingerprint density at radius 3 is 2.60 bits per heavy atom. The standard InChI is InChI=1S/C18H19N3O4/c1-12-5-7-13(8-6-12)10-19-15(22)11-21-16(23)18(2,20-17(21)24)14-4-3-9-25-14/h3-9H,10-11H2,1-2H3,(H,19,22)(H,20,24)/t18-/m0/s1. The molecule has 3 rings (SSSR count). The molecule has 1 atom stereocenters. The minimum Gasteiger partial charge on any atom is -0.466 e. The molecule has 7 heteroatoms. The number of benzene rings is 1. The summed E-state index contributed by atoms with van der Waals surface area (Å²) in [5.74, 6) is -0.598. The summed E-state index contributed by atoms with van der Waals surface area (Å²) in [6.07, 6.45) is 1.43. The van der Waals surface area contributed by atoms with Crippen LogP contribution in [0.2, 0.25) is 0 Å². The molecule has 7 nitrogen and oxygen atoms in total. The van der Waals surface area contributed by atoms with Gasteiger partial charge in [-0.3, -0.25) is 14.5 Å². The van der Waals surface area contributed by atoms with Gasteiger partial charge < -0.3 is 15.1 Å². The third kappa shape index (κ3) is 3.26. The molecule has 1 aromatic heterocycles. The van der Waals surface area contributed by atoms with Crippen molar-refractivity contribution < 1.29 is 18.8 Å². The minimum atomic E-state index is -1.29. The van der Waals surface area contributed by atoms with E-state index in [1.807, 2.05) is 31.2 Å². The lowest BCUT2D eigenvalue weighted by Crippen LogP contribution is -2.43. The van der Waals surface area contributed by atoms with Gasteiger partial charge in [0.15, 0.2) is 5.54 Å². The fourth-order valence-electron chi connectivity index (χ4n) is 2.68. The van der Waals surface area contributed by atoms with Gasteiger partial charge in [0.1, 0.15) is 12.3 Å². The second-order valence-electron chi connectivity index (χ2n) is 6.19. The molecule has 0 unspecified atom stereocenters. The summed E-state index contributed by atoms with van der Waals surface area (Å²) in [4.78, 5) is 37.7. The number of rotatable bonds is 5. The Morgan fingerprint density at radius 2 is 1.96 bits per heavy atom. The van der Waals surface area contributed by atoms with E-state index in [2.05, 4.69) is 10.6 Å². The van der Waals surface area contributed by atoms with Gasteiger partial charge in [-0.05, 0) is 31.5 Å². The van der Waals surface area contributed by atoms with Crippen LogP contribution in [0.3, 0.4) is 0 Å². The van der Waals surface area contributed by atoms with E-state index in [0.717, 1.165) is 16.0 Å². The van der Waals surface area contributed by atoms with Crippen LogP contribution in [0.5, 0.6) is 0 Å². The van der Waals surface area contributed by atoms with Crippen LogP contribution >= 0.6 is 0 Å². The molecule has 2 aromatic rings. The third-order valence-corrected chi connectivity index (χ3v) is 4.20. The van der Waals surface area contributed by atoms with E-state index in [0.29, 0.717) is 12.3 Å². The number of imide groups is 1. The van der Waals surface area contributed by atoms with Crippen molar-refractivity contribution in [3.8, 4) is 0 Å². The summed E-state index contributed by atoms with van der Waals surface area (Å²) in [7, 11) is 0. The first-order chi connectivity index (χ1) is 11.9. The fourth-order valence-corrected chi connectivity index (χ4v) is 2.68. The van der Waals surface area contributed by atoms with Crippen molar-refractivity contribution in [2.75, 3.05) is 6.54 Å². The Kier molecular flexibility index (Phi) is 4.31. The summed E-state index contributed by atoms with van der Waals surface area (Å²) < 4.78 is 5.24. The van der Waals surface area contributed by atoms with Crippen LogP contribution in [0.1, 0.15) is 23.8 Å². The molecule has 25 heavy (non-hydrogen) atoms. The van der Waals surface area contributed by atoms with Gasteiger partial charge in [-0.1, -0.05) is 29.8 Å². The van der Waals surface area contributed by atoms with Gasteiger partial charge in [-0.15, -0.1) is 0 Å². The number of hydrogen-bond donors (Lipinski definition) is 2. The molecule has 4 amide bonds. The van der Waals surface area contributed by atoms with E-state index in [-0.39, 0.29) is 6.54 Å². The van der Waals surface area contributed by atoms with Crippen LogP contribution in [-0.4, -0.2) is 29.3 Å². The summed E-state index contributed by atoms with van der Waals surface area (Å²) in [6, 6.07) is 10.4. The number of furan rings is 1. The van der Waals surface area contributed by atoms with Crippen LogP contribution in [0.25, 0.3) is 0 Å². The lowest BCUT2D eigenvalue weighted by molar-refractivity contribution is -0.135. The number of aryl methyl sites for hydroxylation is 1. The monoisotopic (exact) mass is 341 g/mol. The van der Waals surface area contributed by atoms with Gasteiger partial charge in [-0.2, -0.15) is 0 Å². The van der Waals surface area contributed by atoms with Gasteiger partial charge in [-0.25, -0.2) is 4.79 Å². The van der Waals surface area contributed by atoms with Crippen molar-refractivity contribution in [3.05, 3.63) is 59.5 Å². The molecule has 2 heterocycles. The van der Waals surface area contributed by atoms with E-state index >= 15 is 0 Å². The van der Waals surface area contributed by atoms with E-state index in [1.54, 1.807) is 19.1 Å². The molecule has 1 fully saturated rings. The Hall–Kier alpha value is -3.09. The number of nitrogens with zero attached hydrogens (tertiary/aromatic N) is 1. The highest BCUT2D eigenvalue weighted by atomic mass is 16.3. The van der Waals surface area contributed by atoms with Crippen molar-refractivity contribution in [2.24, 2.45) is 0 Å². The van der Waals surface area contributed by atoms with Crippen molar-refractivity contribution in [1.29, 1.82) is 0 Å². The second kappa shape index (κ2) is 6.43. The molecular weight excluding hydrogens is 322 g/mol. The number of nitrogens with one attached hydrogen (secondary N) is 2. The number of urea groups is 1. The molecule has 0 saturated carbocycles. The first-order valence-corrected chi connectivity index (χ1v) is 7.90. The topological polar surface area (TPSA) is 91.7 Å². The zero-order valence-corrected chi connectivity index (χ0v) is 14.0. The van der Waals surface area contributed by atoms with Crippen molar-refractivity contribution >= 4 is 17.8 Å². The maximum atomic E-state index is 12.6. The highest BCUT2D eigenvalue weighted by molar-refractivity contribution is 6.08. The van der Waals surface area contributed by atoms with E-state index < -0.39 is 23.4 Å². The smallest absolute Gasteiger partial charge is 0.325 e. The van der Waals surface area contributed by atoms with Crippen molar-refractivity contribution in [2.45, 2.75) is 25.9 Å². The van der Waals surface area contributed by atoms with Crippen LogP contribution < -0.4 is 10.6 Å². The van der Waals surface area contributed by atoms with Gasteiger partial charge in [0, 0.05) is 6.54 Å². The lowest BCUT2D eigenvalue weighted by Gasteiger charge is -2.18. The van der Waals surface area contributed by atoms with E-state index in [9.17, 15) is 14.4 Å². The van der Waals surface area contributed by atoms with E-state index in [4.69, 9.17) is 4.42 Å². The zero-order chi connectivity index (χ0) is 18.0. The van der Waals surface area contributed by atoms with Gasteiger partial charge in [0.05, 0.1) is 6.26 Å². The fraction of sp³-hybridized carbons (Fsp3) is 0.278. The maximum absolute atomic E-state index is 12.6. The molecule has 2 N–H and O–H groups in total. The predicted molar refractivity (Wildman–Crippen MR) is 89.3 cm³/mol. The molecule has 0 aliphatic carbocycles. The average molecular weight is 341 g/mol. The Labute approximate surface area is 145 Å². The summed E-state index contributed by atoms with van der Waals surface area (Å²) in [5.41, 5.74) is 0.779. The molecule has 0 bridgehead atoms. The van der Waals surface area contributed by atoms with Crippen LogP contribution in [0.15, 0.2) is 47.1 Å². The summed E-state index contributed by atoms with van der Waals surface area (Å²) >= 11 is 0. The average Bonchev–Trinajstić information content (AvgIpc) is 3.19. The van der Waals surface area contributed by atoms with Crippen LogP contribution in [0.4, 0.5) is 4.79 Å². The zero-order valence-electron chi connectivity index (χ0n) is 14.0. The molecule has 1 aliphatic rings. The molecule has 130 valence electrons. The van der Waals surface area contributed by atoms with Gasteiger partial charge in [0.25, 0.3) is 5.91 Å². The van der Waals surface area contributed by atoms with Crippen LogP contribution in [0, 0.1) is 6.92 Å². The number of carbonyl (C=O) groups is 3. The van der Waals surface area contributed by atoms with Crippen LogP contribution in [-0.2, 0) is 21.7 Å². The molecule has 1 aliphatic heterocycles. The quantitative estimate of drug-likeness (QED) is 0.809. The number of hydrogen-bond acceptors (Lipinski definition) is 4. The Morgan fingerprint density at radius 1 is 1.24 bits per heavy atom. The maximum Gasteiger partial charge on any atom is 0.325 e. The summed E-state index contributed by atoms with van der Waals surface area (Å²) in [6.45, 7) is 3.53. The minimum absolute atomic E-state index is 0.327. The first kappa shape index (κ1) is 16.8. The molecule has 1 aromatic carbocycles. The molecule has 0 spiro atoms. The number of amides is 4. The normalized spacial score (nSPS) is 19.8. The van der Waals surface area contributed by atoms with Crippen molar-refractivity contribution in [3.63, 3.8) is 0 Å². The second-order valence-corrected chi connectivity index (χ2v) is 6.19. The van der Waals surface area contributed by atoms with E-state index in [1.165, 1.54) is 6.26 Å². The molecule has 1 saturated heterocycles. The highest BCUT2D eigenvalue weighted by Gasteiger charge is 2.51.